The molecule has 3 rings (SSSR count). The molecule has 27 heavy (non-hydrogen) atoms. The molecular formula is C21H25ClFNO3. The Bertz CT molecular complexity index is 690. The normalized spacial score (nSPS) is 18.0. The molecule has 0 saturated carbocycles. The summed E-state index contributed by atoms with van der Waals surface area (Å²) in [5, 5.41) is 11.1. The van der Waals surface area contributed by atoms with Crippen LogP contribution in [-0.4, -0.2) is 48.5 Å². The summed E-state index contributed by atoms with van der Waals surface area (Å²) in [4.78, 5) is 2.14. The van der Waals surface area contributed by atoms with Gasteiger partial charge in [0.1, 0.15) is 24.3 Å². The van der Waals surface area contributed by atoms with E-state index >= 15 is 0 Å². The zero-order valence-corrected chi connectivity index (χ0v) is 15.9. The average molecular weight is 394 g/mol. The Morgan fingerprint density at radius 1 is 1.19 bits per heavy atom. The third-order valence-corrected chi connectivity index (χ3v) is 4.78. The SMILES string of the molecule is O[C@@H](COc1ccc(Cl)cc1)CN(Cc1ccc(F)cc1)C[C@@H]1CCCO1. The van der Waals surface area contributed by atoms with Crippen LogP contribution in [0.25, 0.3) is 0 Å². The largest absolute Gasteiger partial charge is 0.491 e. The molecule has 0 aromatic heterocycles. The molecule has 0 unspecified atom stereocenters. The number of ether oxygens (including phenoxy) is 2. The number of aliphatic hydroxyl groups excluding tert-OH is 1. The molecule has 2 atom stereocenters. The van der Waals surface area contributed by atoms with Crippen LogP contribution >= 0.6 is 11.6 Å². The fourth-order valence-electron chi connectivity index (χ4n) is 3.20. The van der Waals surface area contributed by atoms with Crippen molar-refractivity contribution in [3.05, 3.63) is 64.9 Å². The highest BCUT2D eigenvalue weighted by atomic mass is 35.5. The molecule has 0 spiro atoms. The molecule has 146 valence electrons. The molecule has 1 saturated heterocycles. The van der Waals surface area contributed by atoms with Crippen molar-refractivity contribution < 1.29 is 19.0 Å². The second-order valence-electron chi connectivity index (χ2n) is 6.87. The fraction of sp³-hybridized carbons (Fsp3) is 0.429. The van der Waals surface area contributed by atoms with Crippen LogP contribution < -0.4 is 4.74 Å². The summed E-state index contributed by atoms with van der Waals surface area (Å²) in [5.41, 5.74) is 1.00. The predicted octanol–water partition coefficient (Wildman–Crippen LogP) is 3.90. The molecule has 2 aromatic carbocycles. The minimum absolute atomic E-state index is 0.176. The van der Waals surface area contributed by atoms with Gasteiger partial charge >= 0.3 is 0 Å². The molecule has 1 heterocycles. The molecule has 1 N–H and O–H groups in total. The number of hydrogen-bond donors (Lipinski definition) is 1. The van der Waals surface area contributed by atoms with Crippen LogP contribution in [0.1, 0.15) is 18.4 Å². The quantitative estimate of drug-likeness (QED) is 0.701. The van der Waals surface area contributed by atoms with Crippen LogP contribution in [0.4, 0.5) is 4.39 Å². The Hall–Kier alpha value is -1.66. The number of hydrogen-bond acceptors (Lipinski definition) is 4. The van der Waals surface area contributed by atoms with Gasteiger partial charge in [-0.05, 0) is 54.8 Å². The lowest BCUT2D eigenvalue weighted by Gasteiger charge is -2.27. The third kappa shape index (κ3) is 6.78. The zero-order valence-electron chi connectivity index (χ0n) is 15.2. The first-order valence-corrected chi connectivity index (χ1v) is 9.61. The molecule has 2 aromatic rings. The van der Waals surface area contributed by atoms with Gasteiger partial charge in [0.25, 0.3) is 0 Å². The van der Waals surface area contributed by atoms with Crippen molar-refractivity contribution in [1.29, 1.82) is 0 Å². The van der Waals surface area contributed by atoms with Crippen molar-refractivity contribution in [2.75, 3.05) is 26.3 Å². The van der Waals surface area contributed by atoms with E-state index in [1.807, 2.05) is 0 Å². The first-order valence-electron chi connectivity index (χ1n) is 9.23. The Labute approximate surface area is 164 Å². The molecule has 0 aliphatic carbocycles. The predicted molar refractivity (Wildman–Crippen MR) is 104 cm³/mol. The van der Waals surface area contributed by atoms with Crippen LogP contribution in [0.5, 0.6) is 5.75 Å². The van der Waals surface area contributed by atoms with Crippen molar-refractivity contribution in [3.8, 4) is 5.75 Å². The van der Waals surface area contributed by atoms with Crippen LogP contribution in [0.2, 0.25) is 5.02 Å². The van der Waals surface area contributed by atoms with Crippen LogP contribution in [-0.2, 0) is 11.3 Å². The Morgan fingerprint density at radius 3 is 2.59 bits per heavy atom. The van der Waals surface area contributed by atoms with Crippen molar-refractivity contribution >= 4 is 11.6 Å². The van der Waals surface area contributed by atoms with Gasteiger partial charge in [-0.15, -0.1) is 0 Å². The van der Waals surface area contributed by atoms with Crippen LogP contribution in [0.3, 0.4) is 0 Å². The highest BCUT2D eigenvalue weighted by Crippen LogP contribution is 2.17. The minimum Gasteiger partial charge on any atom is -0.491 e. The third-order valence-electron chi connectivity index (χ3n) is 4.53. The zero-order chi connectivity index (χ0) is 19.1. The van der Waals surface area contributed by atoms with Crippen LogP contribution in [0.15, 0.2) is 48.5 Å². The average Bonchev–Trinajstić information content (AvgIpc) is 3.16. The summed E-state index contributed by atoms with van der Waals surface area (Å²) in [5.74, 6) is 0.420. The smallest absolute Gasteiger partial charge is 0.123 e. The highest BCUT2D eigenvalue weighted by molar-refractivity contribution is 6.30. The van der Waals surface area contributed by atoms with E-state index in [0.717, 1.165) is 31.6 Å². The van der Waals surface area contributed by atoms with Gasteiger partial charge in [-0.3, -0.25) is 4.90 Å². The number of nitrogens with zero attached hydrogens (tertiary/aromatic N) is 1. The van der Waals surface area contributed by atoms with E-state index in [2.05, 4.69) is 4.90 Å². The van der Waals surface area contributed by atoms with E-state index in [1.54, 1.807) is 36.4 Å². The van der Waals surface area contributed by atoms with E-state index in [1.165, 1.54) is 12.1 Å². The topological polar surface area (TPSA) is 41.9 Å². The summed E-state index contributed by atoms with van der Waals surface area (Å²) in [6.45, 7) is 2.78. The standard InChI is InChI=1S/C21H25ClFNO3/c22-17-5-9-20(10-6-17)27-15-19(25)13-24(14-21-2-1-11-26-21)12-16-3-7-18(23)8-4-16/h3-10,19,21,25H,1-2,11-15H2/t19-,21+/m1/s1. The number of rotatable bonds is 9. The molecule has 1 aliphatic heterocycles. The lowest BCUT2D eigenvalue weighted by atomic mass is 10.1. The van der Waals surface area contributed by atoms with Crippen LogP contribution in [0, 0.1) is 5.82 Å². The molecule has 1 aliphatic rings. The maximum Gasteiger partial charge on any atom is 0.123 e. The lowest BCUT2D eigenvalue weighted by Crippen LogP contribution is -2.39. The Morgan fingerprint density at radius 2 is 1.93 bits per heavy atom. The monoisotopic (exact) mass is 393 g/mol. The van der Waals surface area contributed by atoms with Crippen molar-refractivity contribution in [3.63, 3.8) is 0 Å². The Kier molecular flexibility index (Phi) is 7.47. The fourth-order valence-corrected chi connectivity index (χ4v) is 3.33. The Balaban J connectivity index is 1.55. The first-order chi connectivity index (χ1) is 13.1. The van der Waals surface area contributed by atoms with E-state index in [-0.39, 0.29) is 18.5 Å². The van der Waals surface area contributed by atoms with Crippen molar-refractivity contribution in [2.24, 2.45) is 0 Å². The molecule has 1 fully saturated rings. The summed E-state index contributed by atoms with van der Waals surface area (Å²) in [6, 6.07) is 13.5. The van der Waals surface area contributed by atoms with Gasteiger partial charge in [0.05, 0.1) is 6.10 Å². The van der Waals surface area contributed by atoms with Crippen molar-refractivity contribution in [2.45, 2.75) is 31.6 Å². The lowest BCUT2D eigenvalue weighted by molar-refractivity contribution is 0.0313. The van der Waals surface area contributed by atoms with E-state index in [0.29, 0.717) is 23.9 Å². The van der Waals surface area contributed by atoms with Gasteiger partial charge in [-0.2, -0.15) is 0 Å². The molecule has 4 nitrogen and oxygen atoms in total. The van der Waals surface area contributed by atoms with Crippen molar-refractivity contribution in [1.82, 2.24) is 4.90 Å². The maximum atomic E-state index is 13.1. The van der Waals surface area contributed by atoms with E-state index in [4.69, 9.17) is 21.1 Å². The summed E-state index contributed by atoms with van der Waals surface area (Å²) < 4.78 is 24.5. The minimum atomic E-state index is -0.650. The second kappa shape index (κ2) is 10.0. The number of benzene rings is 2. The van der Waals surface area contributed by atoms with Gasteiger partial charge < -0.3 is 14.6 Å². The van der Waals surface area contributed by atoms with Gasteiger partial charge in [0, 0.05) is 31.3 Å². The highest BCUT2D eigenvalue weighted by Gasteiger charge is 2.21. The van der Waals surface area contributed by atoms with Gasteiger partial charge in [-0.1, -0.05) is 23.7 Å². The summed E-state index contributed by atoms with van der Waals surface area (Å²) in [6.07, 6.45) is 1.62. The molecule has 6 heteroatoms. The molecular weight excluding hydrogens is 369 g/mol. The number of halogens is 2. The number of aliphatic hydroxyl groups is 1. The van der Waals surface area contributed by atoms with Gasteiger partial charge in [-0.25, -0.2) is 4.39 Å². The maximum absolute atomic E-state index is 13.1. The molecule has 0 amide bonds. The van der Waals surface area contributed by atoms with E-state index < -0.39 is 6.10 Å². The summed E-state index contributed by atoms with van der Waals surface area (Å²) >= 11 is 5.86. The van der Waals surface area contributed by atoms with Gasteiger partial charge in [0.15, 0.2) is 0 Å². The summed E-state index contributed by atoms with van der Waals surface area (Å²) in [7, 11) is 0. The van der Waals surface area contributed by atoms with E-state index in [9.17, 15) is 9.50 Å². The van der Waals surface area contributed by atoms with Gasteiger partial charge in [0.2, 0.25) is 0 Å². The molecule has 0 bridgehead atoms. The second-order valence-corrected chi connectivity index (χ2v) is 7.31. The first kappa shape index (κ1) is 20.1. The molecule has 0 radical (unpaired) electrons.